The highest BCUT2D eigenvalue weighted by Crippen LogP contribution is 2.23. The molecule has 0 unspecified atom stereocenters. The van der Waals surface area contributed by atoms with Crippen LogP contribution in [0.1, 0.15) is 30.3 Å². The molecule has 2 aliphatic rings. The molecule has 1 aromatic rings. The second-order valence-corrected chi connectivity index (χ2v) is 8.08. The Hall–Kier alpha value is -2.07. The molecule has 3 rings (SSSR count). The molecule has 0 bridgehead atoms. The highest BCUT2D eigenvalue weighted by Gasteiger charge is 2.32. The van der Waals surface area contributed by atoms with Crippen molar-refractivity contribution >= 4 is 22.0 Å². The van der Waals surface area contributed by atoms with Gasteiger partial charge in [0.25, 0.3) is 15.9 Å². The van der Waals surface area contributed by atoms with Gasteiger partial charge in [0.1, 0.15) is 0 Å². The summed E-state index contributed by atoms with van der Waals surface area (Å²) in [5, 5.41) is -0.201. The number of nitrogens with zero attached hydrogens (tertiary/aromatic N) is 3. The van der Waals surface area contributed by atoms with Gasteiger partial charge >= 0.3 is 6.09 Å². The number of furan rings is 1. The Balaban J connectivity index is 1.63. The van der Waals surface area contributed by atoms with Crippen LogP contribution in [0.2, 0.25) is 0 Å². The van der Waals surface area contributed by atoms with Crippen molar-refractivity contribution in [2.45, 2.75) is 24.9 Å². The van der Waals surface area contributed by atoms with E-state index < -0.39 is 16.1 Å². The van der Waals surface area contributed by atoms with E-state index in [9.17, 15) is 18.0 Å². The molecule has 2 amide bonds. The van der Waals surface area contributed by atoms with Gasteiger partial charge in [-0.25, -0.2) is 13.2 Å². The van der Waals surface area contributed by atoms with Crippen molar-refractivity contribution in [3.63, 3.8) is 0 Å². The standard InChI is InChI=1S/C16H23N3O6S/c1-2-24-16(21)18-11-9-17(10-12-18)15(20)13-5-6-14(25-13)26(22,23)19-7-3-4-8-19/h5-6H,2-4,7-12H2,1H3. The predicted octanol–water partition coefficient (Wildman–Crippen LogP) is 0.978. The molecule has 0 spiro atoms. The second-order valence-electron chi connectivity index (χ2n) is 6.21. The van der Waals surface area contributed by atoms with Crippen LogP contribution in [0.4, 0.5) is 4.79 Å². The molecule has 1 aromatic heterocycles. The molecule has 2 aliphatic heterocycles. The third-order valence-electron chi connectivity index (χ3n) is 4.54. The van der Waals surface area contributed by atoms with Crippen molar-refractivity contribution in [2.75, 3.05) is 45.9 Å². The van der Waals surface area contributed by atoms with E-state index in [1.165, 1.54) is 16.4 Å². The number of sulfonamides is 1. The lowest BCUT2D eigenvalue weighted by Gasteiger charge is -2.33. The van der Waals surface area contributed by atoms with E-state index in [0.717, 1.165) is 12.8 Å². The number of carbonyl (C=O) groups excluding carboxylic acids is 2. The van der Waals surface area contributed by atoms with Gasteiger partial charge in [-0.15, -0.1) is 0 Å². The van der Waals surface area contributed by atoms with Gasteiger partial charge < -0.3 is 19.0 Å². The number of rotatable bonds is 4. The Kier molecular flexibility index (Phi) is 5.52. The first kappa shape index (κ1) is 18.7. The van der Waals surface area contributed by atoms with E-state index in [0.29, 0.717) is 45.9 Å². The maximum Gasteiger partial charge on any atom is 0.409 e. The largest absolute Gasteiger partial charge is 0.450 e. The zero-order chi connectivity index (χ0) is 18.7. The van der Waals surface area contributed by atoms with E-state index in [1.807, 2.05) is 0 Å². The van der Waals surface area contributed by atoms with Gasteiger partial charge in [-0.2, -0.15) is 4.31 Å². The van der Waals surface area contributed by atoms with Gasteiger partial charge in [-0.1, -0.05) is 0 Å². The summed E-state index contributed by atoms with van der Waals surface area (Å²) in [5.74, 6) is -0.385. The summed E-state index contributed by atoms with van der Waals surface area (Å²) < 4.78 is 36.6. The SMILES string of the molecule is CCOC(=O)N1CCN(C(=O)c2ccc(S(=O)(=O)N3CCCC3)o2)CC1. The minimum atomic E-state index is -3.68. The number of hydrogen-bond donors (Lipinski definition) is 0. The number of ether oxygens (including phenoxy) is 1. The first-order chi connectivity index (χ1) is 12.4. The van der Waals surface area contributed by atoms with Crippen LogP contribution in [0.5, 0.6) is 0 Å². The van der Waals surface area contributed by atoms with E-state index in [2.05, 4.69) is 0 Å². The Morgan fingerprint density at radius 1 is 1.04 bits per heavy atom. The summed E-state index contributed by atoms with van der Waals surface area (Å²) >= 11 is 0. The number of carbonyl (C=O) groups is 2. The molecular formula is C16H23N3O6S. The third kappa shape index (κ3) is 3.70. The normalized spacial score (nSPS) is 19.0. The maximum absolute atomic E-state index is 12.6. The topological polar surface area (TPSA) is 100 Å². The van der Waals surface area contributed by atoms with E-state index in [-0.39, 0.29) is 16.8 Å². The fourth-order valence-electron chi connectivity index (χ4n) is 3.09. The lowest BCUT2D eigenvalue weighted by atomic mass is 10.3. The van der Waals surface area contributed by atoms with Crippen molar-refractivity contribution in [3.8, 4) is 0 Å². The quantitative estimate of drug-likeness (QED) is 0.766. The molecule has 0 radical (unpaired) electrons. The molecule has 144 valence electrons. The van der Waals surface area contributed by atoms with Gasteiger partial charge in [0, 0.05) is 39.3 Å². The molecule has 3 heterocycles. The van der Waals surface area contributed by atoms with Crippen LogP contribution in [0.25, 0.3) is 0 Å². The molecule has 10 heteroatoms. The van der Waals surface area contributed by atoms with Crippen LogP contribution in [0.15, 0.2) is 21.6 Å². The Labute approximate surface area is 152 Å². The first-order valence-corrected chi connectivity index (χ1v) is 10.2. The third-order valence-corrected chi connectivity index (χ3v) is 6.32. The van der Waals surface area contributed by atoms with Crippen LogP contribution in [0.3, 0.4) is 0 Å². The molecular weight excluding hydrogens is 362 g/mol. The smallest absolute Gasteiger partial charge is 0.409 e. The van der Waals surface area contributed by atoms with Crippen molar-refractivity contribution in [1.29, 1.82) is 0 Å². The minimum Gasteiger partial charge on any atom is -0.450 e. The molecule has 0 N–H and O–H groups in total. The van der Waals surface area contributed by atoms with Gasteiger partial charge in [-0.3, -0.25) is 4.79 Å². The van der Waals surface area contributed by atoms with Crippen LogP contribution in [-0.4, -0.2) is 80.4 Å². The average Bonchev–Trinajstić information content (AvgIpc) is 3.33. The van der Waals surface area contributed by atoms with Gasteiger partial charge in [0.15, 0.2) is 5.76 Å². The minimum absolute atomic E-state index is 0.00708. The predicted molar refractivity (Wildman–Crippen MR) is 91.2 cm³/mol. The highest BCUT2D eigenvalue weighted by molar-refractivity contribution is 7.89. The van der Waals surface area contributed by atoms with Gasteiger partial charge in [-0.05, 0) is 31.9 Å². The van der Waals surface area contributed by atoms with Crippen molar-refractivity contribution in [2.24, 2.45) is 0 Å². The molecule has 2 fully saturated rings. The maximum atomic E-state index is 12.6. The van der Waals surface area contributed by atoms with Gasteiger partial charge in [0.2, 0.25) is 5.09 Å². The van der Waals surface area contributed by atoms with Crippen molar-refractivity contribution in [3.05, 3.63) is 17.9 Å². The molecule has 26 heavy (non-hydrogen) atoms. The van der Waals surface area contributed by atoms with Crippen LogP contribution < -0.4 is 0 Å². The van der Waals surface area contributed by atoms with E-state index >= 15 is 0 Å². The number of hydrogen-bond acceptors (Lipinski definition) is 6. The Morgan fingerprint density at radius 2 is 1.65 bits per heavy atom. The van der Waals surface area contributed by atoms with Crippen LogP contribution in [0, 0.1) is 0 Å². The second kappa shape index (κ2) is 7.67. The Morgan fingerprint density at radius 3 is 2.27 bits per heavy atom. The van der Waals surface area contributed by atoms with Crippen molar-refractivity contribution < 1.29 is 27.2 Å². The highest BCUT2D eigenvalue weighted by atomic mass is 32.2. The molecule has 0 saturated carbocycles. The lowest BCUT2D eigenvalue weighted by molar-refractivity contribution is 0.0542. The summed E-state index contributed by atoms with van der Waals surface area (Å²) in [6, 6.07) is 2.72. The molecule has 0 atom stereocenters. The molecule has 0 aromatic carbocycles. The number of piperazine rings is 1. The summed E-state index contributed by atoms with van der Waals surface area (Å²) in [6.07, 6.45) is 1.27. The monoisotopic (exact) mass is 385 g/mol. The van der Waals surface area contributed by atoms with E-state index in [4.69, 9.17) is 9.15 Å². The lowest BCUT2D eigenvalue weighted by Crippen LogP contribution is -2.50. The molecule has 2 saturated heterocycles. The number of amides is 2. The summed E-state index contributed by atoms with van der Waals surface area (Å²) in [5.41, 5.74) is 0. The molecule has 0 aliphatic carbocycles. The average molecular weight is 385 g/mol. The van der Waals surface area contributed by atoms with Gasteiger partial charge in [0.05, 0.1) is 6.61 Å². The zero-order valence-electron chi connectivity index (χ0n) is 14.7. The summed E-state index contributed by atoms with van der Waals surface area (Å²) in [7, 11) is -3.68. The van der Waals surface area contributed by atoms with Crippen LogP contribution in [-0.2, 0) is 14.8 Å². The fraction of sp³-hybridized carbons (Fsp3) is 0.625. The Bertz CT molecular complexity index is 761. The van der Waals surface area contributed by atoms with Crippen LogP contribution >= 0.6 is 0 Å². The molecule has 9 nitrogen and oxygen atoms in total. The zero-order valence-corrected chi connectivity index (χ0v) is 15.5. The summed E-state index contributed by atoms with van der Waals surface area (Å²) in [6.45, 7) is 4.40. The van der Waals surface area contributed by atoms with E-state index in [1.54, 1.807) is 16.7 Å². The fourth-order valence-corrected chi connectivity index (χ4v) is 4.52. The van der Waals surface area contributed by atoms with Crippen molar-refractivity contribution in [1.82, 2.24) is 14.1 Å². The summed E-state index contributed by atoms with van der Waals surface area (Å²) in [4.78, 5) is 27.3. The first-order valence-electron chi connectivity index (χ1n) is 8.74.